The lowest BCUT2D eigenvalue weighted by Crippen LogP contribution is -2.59. The quantitative estimate of drug-likeness (QED) is 0.583. The molecule has 1 N–H and O–H groups in total. The van der Waals surface area contributed by atoms with E-state index in [9.17, 15) is 4.79 Å². The molecule has 27 heavy (non-hydrogen) atoms. The van der Waals surface area contributed by atoms with Crippen molar-refractivity contribution >= 4 is 17.6 Å². The average Bonchev–Trinajstić information content (AvgIpc) is 2.66. The Labute approximate surface area is 161 Å². The number of benzene rings is 2. The smallest absolute Gasteiger partial charge is 0.252 e. The summed E-state index contributed by atoms with van der Waals surface area (Å²) in [6.07, 6.45) is 9.74. The molecule has 2 aromatic rings. The minimum atomic E-state index is 0.0381. The Morgan fingerprint density at radius 3 is 1.89 bits per heavy atom. The largest absolute Gasteiger partial charge is 0.347 e. The van der Waals surface area contributed by atoms with E-state index >= 15 is 0 Å². The molecule has 0 spiro atoms. The molecule has 4 saturated carbocycles. The first-order valence-electron chi connectivity index (χ1n) is 10.3. The van der Waals surface area contributed by atoms with Gasteiger partial charge in [0.2, 0.25) is 0 Å². The third-order valence-electron chi connectivity index (χ3n) is 6.86. The lowest BCUT2D eigenvalue weighted by molar-refractivity contribution is -0.121. The Hall–Kier alpha value is -2.35. The van der Waals surface area contributed by atoms with Crippen LogP contribution in [0.15, 0.2) is 60.7 Å². The van der Waals surface area contributed by atoms with Gasteiger partial charge < -0.3 is 5.32 Å². The summed E-state index contributed by atoms with van der Waals surface area (Å²) in [7, 11) is 0. The normalized spacial score (nSPS) is 31.7. The van der Waals surface area contributed by atoms with Gasteiger partial charge in [0.15, 0.2) is 0 Å². The fourth-order valence-electron chi connectivity index (χ4n) is 6.19. The SMILES string of the molecule is O=C(NC12CC3CC(CC(C3)C1)C2)/C(=C/c1ccccc1)c1ccccc1. The van der Waals surface area contributed by atoms with Gasteiger partial charge in [-0.15, -0.1) is 0 Å². The first-order valence-corrected chi connectivity index (χ1v) is 10.3. The van der Waals surface area contributed by atoms with E-state index in [0.29, 0.717) is 0 Å². The van der Waals surface area contributed by atoms with E-state index < -0.39 is 0 Å². The second kappa shape index (κ2) is 6.67. The second-order valence-corrected chi connectivity index (χ2v) is 8.99. The van der Waals surface area contributed by atoms with Crippen LogP contribution in [-0.2, 0) is 4.79 Å². The van der Waals surface area contributed by atoms with Crippen LogP contribution >= 0.6 is 0 Å². The van der Waals surface area contributed by atoms with E-state index in [-0.39, 0.29) is 11.4 Å². The van der Waals surface area contributed by atoms with E-state index in [4.69, 9.17) is 0 Å². The van der Waals surface area contributed by atoms with Gasteiger partial charge in [-0.1, -0.05) is 60.7 Å². The van der Waals surface area contributed by atoms with Crippen LogP contribution in [0.5, 0.6) is 0 Å². The number of carbonyl (C=O) groups excluding carboxylic acids is 1. The molecule has 2 aromatic carbocycles. The summed E-state index contributed by atoms with van der Waals surface area (Å²) in [6, 6.07) is 20.2. The number of hydrogen-bond acceptors (Lipinski definition) is 1. The molecule has 0 aliphatic heterocycles. The third kappa shape index (κ3) is 3.34. The highest BCUT2D eigenvalue weighted by atomic mass is 16.1. The van der Waals surface area contributed by atoms with Crippen LogP contribution in [0.25, 0.3) is 11.6 Å². The molecule has 2 heteroatoms. The van der Waals surface area contributed by atoms with Crippen LogP contribution in [0.3, 0.4) is 0 Å². The van der Waals surface area contributed by atoms with Gasteiger partial charge in [-0.3, -0.25) is 4.79 Å². The summed E-state index contributed by atoms with van der Waals surface area (Å²) in [6.45, 7) is 0. The molecule has 0 unspecified atom stereocenters. The standard InChI is InChI=1S/C25H27NO/c27-24(26-25-15-19-11-20(16-25)13-21(12-19)17-25)23(22-9-5-2-6-10-22)14-18-7-3-1-4-8-18/h1-10,14,19-21H,11-13,15-17H2,(H,26,27)/b23-14+. The molecule has 0 atom stereocenters. The number of carbonyl (C=O) groups is 1. The first kappa shape index (κ1) is 16.8. The van der Waals surface area contributed by atoms with Crippen LogP contribution < -0.4 is 5.32 Å². The highest BCUT2D eigenvalue weighted by Gasteiger charge is 2.51. The number of amides is 1. The Kier molecular flexibility index (Phi) is 4.15. The zero-order valence-corrected chi connectivity index (χ0v) is 15.7. The zero-order chi connectivity index (χ0) is 18.3. The van der Waals surface area contributed by atoms with E-state index in [2.05, 4.69) is 17.4 Å². The van der Waals surface area contributed by atoms with Crippen molar-refractivity contribution in [2.24, 2.45) is 17.8 Å². The lowest BCUT2D eigenvalue weighted by Gasteiger charge is -2.57. The van der Waals surface area contributed by atoms with Crippen LogP contribution in [0.2, 0.25) is 0 Å². The Balaban J connectivity index is 1.46. The predicted octanol–water partition coefficient (Wildman–Crippen LogP) is 5.31. The van der Waals surface area contributed by atoms with Gasteiger partial charge in [-0.25, -0.2) is 0 Å². The first-order chi connectivity index (χ1) is 13.2. The molecule has 2 nitrogen and oxygen atoms in total. The van der Waals surface area contributed by atoms with Crippen LogP contribution in [-0.4, -0.2) is 11.4 Å². The summed E-state index contributed by atoms with van der Waals surface area (Å²) < 4.78 is 0. The van der Waals surface area contributed by atoms with E-state index in [0.717, 1.165) is 34.5 Å². The summed E-state index contributed by atoms with van der Waals surface area (Å²) >= 11 is 0. The molecular weight excluding hydrogens is 330 g/mol. The third-order valence-corrected chi connectivity index (χ3v) is 6.86. The van der Waals surface area contributed by atoms with Crippen molar-refractivity contribution in [2.45, 2.75) is 44.1 Å². The highest BCUT2D eigenvalue weighted by Crippen LogP contribution is 2.55. The van der Waals surface area contributed by atoms with Crippen molar-refractivity contribution in [3.05, 3.63) is 71.8 Å². The van der Waals surface area contributed by atoms with Crippen molar-refractivity contribution in [1.29, 1.82) is 0 Å². The van der Waals surface area contributed by atoms with Gasteiger partial charge >= 0.3 is 0 Å². The van der Waals surface area contributed by atoms with Crippen molar-refractivity contribution < 1.29 is 4.79 Å². The van der Waals surface area contributed by atoms with Gasteiger partial charge in [-0.2, -0.15) is 0 Å². The maximum absolute atomic E-state index is 13.5. The molecule has 1 amide bonds. The van der Waals surface area contributed by atoms with Crippen molar-refractivity contribution in [3.8, 4) is 0 Å². The van der Waals surface area contributed by atoms with Crippen molar-refractivity contribution in [2.75, 3.05) is 0 Å². The number of rotatable bonds is 4. The minimum absolute atomic E-state index is 0.0381. The fraction of sp³-hybridized carbons (Fsp3) is 0.400. The molecule has 0 heterocycles. The topological polar surface area (TPSA) is 29.1 Å². The molecule has 4 aliphatic carbocycles. The zero-order valence-electron chi connectivity index (χ0n) is 15.7. The van der Waals surface area contributed by atoms with Gasteiger partial charge in [0, 0.05) is 11.1 Å². The van der Waals surface area contributed by atoms with Crippen LogP contribution in [0.1, 0.15) is 49.7 Å². The van der Waals surface area contributed by atoms with Crippen LogP contribution in [0, 0.1) is 17.8 Å². The van der Waals surface area contributed by atoms with Gasteiger partial charge in [0.25, 0.3) is 5.91 Å². The predicted molar refractivity (Wildman–Crippen MR) is 110 cm³/mol. The maximum atomic E-state index is 13.5. The highest BCUT2D eigenvalue weighted by molar-refractivity contribution is 6.24. The number of nitrogens with one attached hydrogen (secondary N) is 1. The molecule has 138 valence electrons. The fourth-order valence-corrected chi connectivity index (χ4v) is 6.19. The van der Waals surface area contributed by atoms with Gasteiger partial charge in [0.1, 0.15) is 0 Å². The Bertz CT molecular complexity index is 817. The Morgan fingerprint density at radius 1 is 0.815 bits per heavy atom. The van der Waals surface area contributed by atoms with Crippen molar-refractivity contribution in [3.63, 3.8) is 0 Å². The molecule has 4 bridgehead atoms. The number of hydrogen-bond donors (Lipinski definition) is 1. The van der Waals surface area contributed by atoms with Crippen LogP contribution in [0.4, 0.5) is 0 Å². The molecular formula is C25H27NO. The molecule has 0 saturated heterocycles. The molecule has 4 fully saturated rings. The maximum Gasteiger partial charge on any atom is 0.252 e. The summed E-state index contributed by atoms with van der Waals surface area (Å²) in [5.41, 5.74) is 2.87. The van der Waals surface area contributed by atoms with E-state index in [1.54, 1.807) is 0 Å². The molecule has 6 rings (SSSR count). The summed E-state index contributed by atoms with van der Waals surface area (Å²) in [5, 5.41) is 3.54. The lowest BCUT2D eigenvalue weighted by atomic mass is 9.53. The average molecular weight is 357 g/mol. The molecule has 0 aromatic heterocycles. The summed E-state index contributed by atoms with van der Waals surface area (Å²) in [4.78, 5) is 13.5. The Morgan fingerprint density at radius 2 is 1.33 bits per heavy atom. The van der Waals surface area contributed by atoms with E-state index in [1.807, 2.05) is 54.6 Å². The van der Waals surface area contributed by atoms with E-state index in [1.165, 1.54) is 38.5 Å². The minimum Gasteiger partial charge on any atom is -0.347 e. The van der Waals surface area contributed by atoms with Crippen molar-refractivity contribution in [1.82, 2.24) is 5.32 Å². The molecule has 4 aliphatic rings. The van der Waals surface area contributed by atoms with Gasteiger partial charge in [0.05, 0.1) is 0 Å². The molecule has 0 radical (unpaired) electrons. The second-order valence-electron chi connectivity index (χ2n) is 8.99. The summed E-state index contributed by atoms with van der Waals surface area (Å²) in [5.74, 6) is 2.58. The monoisotopic (exact) mass is 357 g/mol. The van der Waals surface area contributed by atoms with Gasteiger partial charge in [-0.05, 0) is 73.5 Å².